The Kier molecular flexibility index (Phi) is 4.59. The molecule has 26 heavy (non-hydrogen) atoms. The quantitative estimate of drug-likeness (QED) is 0.756. The van der Waals surface area contributed by atoms with Crippen molar-refractivity contribution in [2.45, 2.75) is 26.7 Å². The van der Waals surface area contributed by atoms with Crippen LogP contribution in [0.2, 0.25) is 0 Å². The number of aryl methyl sites for hydroxylation is 2. The van der Waals surface area contributed by atoms with Crippen LogP contribution in [0.3, 0.4) is 0 Å². The van der Waals surface area contributed by atoms with Crippen LogP contribution in [0.4, 0.5) is 10.9 Å². The van der Waals surface area contributed by atoms with Crippen LogP contribution >= 0.6 is 11.3 Å². The Morgan fingerprint density at radius 3 is 3.00 bits per heavy atom. The third kappa shape index (κ3) is 3.42. The minimum absolute atomic E-state index is 0.0411. The van der Waals surface area contributed by atoms with Crippen molar-refractivity contribution in [2.24, 2.45) is 5.92 Å². The van der Waals surface area contributed by atoms with Gasteiger partial charge in [-0.05, 0) is 56.0 Å². The molecule has 2 aromatic heterocycles. The van der Waals surface area contributed by atoms with Gasteiger partial charge in [-0.2, -0.15) is 0 Å². The molecule has 0 spiro atoms. The zero-order valence-electron chi connectivity index (χ0n) is 15.0. The summed E-state index contributed by atoms with van der Waals surface area (Å²) < 4.78 is 1.12. The lowest BCUT2D eigenvalue weighted by Gasteiger charge is -2.32. The molecule has 0 radical (unpaired) electrons. The summed E-state index contributed by atoms with van der Waals surface area (Å²) in [4.78, 5) is 24.0. The normalized spacial score (nSPS) is 17.5. The third-order valence-corrected chi connectivity index (χ3v) is 5.74. The third-order valence-electron chi connectivity index (χ3n) is 4.83. The smallest absolute Gasteiger partial charge is 0.231 e. The molecule has 0 bridgehead atoms. The lowest BCUT2D eigenvalue weighted by atomic mass is 9.97. The van der Waals surface area contributed by atoms with Crippen LogP contribution in [-0.4, -0.2) is 29.0 Å². The number of rotatable bonds is 3. The van der Waals surface area contributed by atoms with Gasteiger partial charge in [-0.25, -0.2) is 9.97 Å². The van der Waals surface area contributed by atoms with Gasteiger partial charge >= 0.3 is 0 Å². The van der Waals surface area contributed by atoms with Crippen molar-refractivity contribution in [3.8, 4) is 0 Å². The molecule has 5 nitrogen and oxygen atoms in total. The first-order chi connectivity index (χ1) is 12.6. The van der Waals surface area contributed by atoms with Crippen LogP contribution in [0.5, 0.6) is 0 Å². The molecule has 1 amide bonds. The number of carbonyl (C=O) groups is 1. The molecule has 0 aliphatic carbocycles. The van der Waals surface area contributed by atoms with E-state index in [1.807, 2.05) is 18.2 Å². The Morgan fingerprint density at radius 2 is 2.19 bits per heavy atom. The highest BCUT2D eigenvalue weighted by Gasteiger charge is 2.27. The highest BCUT2D eigenvalue weighted by atomic mass is 32.1. The molecule has 1 fully saturated rings. The van der Waals surface area contributed by atoms with Crippen molar-refractivity contribution in [1.82, 2.24) is 9.97 Å². The number of aromatic nitrogens is 2. The Morgan fingerprint density at radius 1 is 1.31 bits per heavy atom. The van der Waals surface area contributed by atoms with Crippen LogP contribution in [0.25, 0.3) is 10.2 Å². The average molecular weight is 366 g/mol. The van der Waals surface area contributed by atoms with Crippen LogP contribution in [-0.2, 0) is 4.79 Å². The highest BCUT2D eigenvalue weighted by molar-refractivity contribution is 7.22. The van der Waals surface area contributed by atoms with Crippen molar-refractivity contribution in [3.63, 3.8) is 0 Å². The second-order valence-electron chi connectivity index (χ2n) is 6.91. The molecule has 1 saturated heterocycles. The van der Waals surface area contributed by atoms with E-state index in [0.717, 1.165) is 41.0 Å². The number of nitrogens with zero attached hydrogens (tertiary/aromatic N) is 3. The zero-order valence-corrected chi connectivity index (χ0v) is 15.8. The predicted octanol–water partition coefficient (Wildman–Crippen LogP) is 4.16. The van der Waals surface area contributed by atoms with Gasteiger partial charge in [0, 0.05) is 19.3 Å². The van der Waals surface area contributed by atoms with Crippen molar-refractivity contribution >= 4 is 38.4 Å². The second kappa shape index (κ2) is 7.03. The van der Waals surface area contributed by atoms with Gasteiger partial charge in [0.2, 0.25) is 5.91 Å². The Hall–Kier alpha value is -2.47. The molecule has 0 saturated carbocycles. The summed E-state index contributed by atoms with van der Waals surface area (Å²) in [7, 11) is 0. The maximum atomic E-state index is 12.8. The maximum Gasteiger partial charge on any atom is 0.231 e. The summed E-state index contributed by atoms with van der Waals surface area (Å²) in [5.41, 5.74) is 3.35. The van der Waals surface area contributed by atoms with Crippen LogP contribution in [0.1, 0.15) is 24.0 Å². The van der Waals surface area contributed by atoms with Gasteiger partial charge in [0.15, 0.2) is 5.13 Å². The molecule has 6 heteroatoms. The van der Waals surface area contributed by atoms with E-state index < -0.39 is 0 Å². The van der Waals surface area contributed by atoms with E-state index >= 15 is 0 Å². The van der Waals surface area contributed by atoms with Crippen molar-refractivity contribution in [3.05, 3.63) is 47.7 Å². The van der Waals surface area contributed by atoms with E-state index in [2.05, 4.69) is 46.2 Å². The number of pyridine rings is 1. The van der Waals surface area contributed by atoms with Crippen LogP contribution < -0.4 is 10.2 Å². The second-order valence-corrected chi connectivity index (χ2v) is 7.94. The molecule has 1 aliphatic rings. The van der Waals surface area contributed by atoms with Gasteiger partial charge in [0.05, 0.1) is 16.1 Å². The van der Waals surface area contributed by atoms with E-state index in [-0.39, 0.29) is 11.8 Å². The monoisotopic (exact) mass is 366 g/mol. The van der Waals surface area contributed by atoms with Gasteiger partial charge < -0.3 is 10.2 Å². The summed E-state index contributed by atoms with van der Waals surface area (Å²) in [5, 5.41) is 3.73. The summed E-state index contributed by atoms with van der Waals surface area (Å²) >= 11 is 1.55. The molecule has 3 aromatic rings. The number of benzene rings is 1. The van der Waals surface area contributed by atoms with Gasteiger partial charge in [-0.15, -0.1) is 0 Å². The van der Waals surface area contributed by atoms with E-state index in [1.54, 1.807) is 17.5 Å². The fraction of sp³-hybridized carbons (Fsp3) is 0.350. The molecule has 3 heterocycles. The average Bonchev–Trinajstić information content (AvgIpc) is 3.05. The lowest BCUT2D eigenvalue weighted by molar-refractivity contribution is -0.120. The molecule has 1 atom stereocenters. The molecule has 1 aliphatic heterocycles. The van der Waals surface area contributed by atoms with E-state index in [1.165, 1.54) is 5.56 Å². The highest BCUT2D eigenvalue weighted by Crippen LogP contribution is 2.30. The summed E-state index contributed by atoms with van der Waals surface area (Å²) in [6.45, 7) is 5.79. The fourth-order valence-corrected chi connectivity index (χ4v) is 4.62. The summed E-state index contributed by atoms with van der Waals surface area (Å²) in [6.07, 6.45) is 3.69. The molecule has 134 valence electrons. The molecular formula is C20H22N4OS. The Balaban J connectivity index is 1.48. The number of fused-ring (bicyclic) bond motifs is 1. The standard InChI is InChI=1S/C20H22N4OS/c1-13-10-14(2)18-16(11-13)26-20(22-18)23-19(25)15-6-5-9-24(12-15)17-7-3-4-8-21-17/h3-4,7-8,10-11,15H,5-6,9,12H2,1-2H3,(H,22,23,25). The molecule has 1 unspecified atom stereocenters. The summed E-state index contributed by atoms with van der Waals surface area (Å²) in [6, 6.07) is 10.1. The number of piperidine rings is 1. The van der Waals surface area contributed by atoms with Gasteiger partial charge in [0.1, 0.15) is 5.82 Å². The molecule has 1 N–H and O–H groups in total. The number of amides is 1. The van der Waals surface area contributed by atoms with Gasteiger partial charge in [-0.1, -0.05) is 23.5 Å². The summed E-state index contributed by atoms with van der Waals surface area (Å²) in [5.74, 6) is 0.954. The predicted molar refractivity (Wildman–Crippen MR) is 107 cm³/mol. The fourth-order valence-electron chi connectivity index (χ4n) is 3.57. The number of nitrogens with one attached hydrogen (secondary N) is 1. The zero-order chi connectivity index (χ0) is 18.1. The van der Waals surface area contributed by atoms with Gasteiger partial charge in [0.25, 0.3) is 0 Å². The maximum absolute atomic E-state index is 12.8. The number of thiazole rings is 1. The van der Waals surface area contributed by atoms with Crippen LogP contribution in [0.15, 0.2) is 36.5 Å². The van der Waals surface area contributed by atoms with E-state index in [0.29, 0.717) is 11.7 Å². The largest absolute Gasteiger partial charge is 0.356 e. The van der Waals surface area contributed by atoms with Crippen molar-refractivity contribution in [2.75, 3.05) is 23.3 Å². The van der Waals surface area contributed by atoms with E-state index in [9.17, 15) is 4.79 Å². The molecule has 1 aromatic carbocycles. The Bertz CT molecular complexity index is 938. The molecular weight excluding hydrogens is 344 g/mol. The first kappa shape index (κ1) is 17.0. The van der Waals surface area contributed by atoms with Gasteiger partial charge in [-0.3, -0.25) is 4.79 Å². The topological polar surface area (TPSA) is 58.1 Å². The lowest BCUT2D eigenvalue weighted by Crippen LogP contribution is -2.41. The molecule has 4 rings (SSSR count). The van der Waals surface area contributed by atoms with E-state index in [4.69, 9.17) is 0 Å². The first-order valence-corrected chi connectivity index (χ1v) is 9.76. The van der Waals surface area contributed by atoms with Crippen LogP contribution in [0, 0.1) is 19.8 Å². The Labute approximate surface area is 157 Å². The van der Waals surface area contributed by atoms with Crippen molar-refractivity contribution < 1.29 is 4.79 Å². The minimum Gasteiger partial charge on any atom is -0.356 e. The number of anilines is 2. The number of hydrogen-bond acceptors (Lipinski definition) is 5. The SMILES string of the molecule is Cc1cc(C)c2nc(NC(=O)C3CCCN(c4ccccn4)C3)sc2c1. The number of carbonyl (C=O) groups excluding carboxylic acids is 1. The first-order valence-electron chi connectivity index (χ1n) is 8.95. The number of hydrogen-bond donors (Lipinski definition) is 1. The minimum atomic E-state index is -0.0411. The van der Waals surface area contributed by atoms with Crippen molar-refractivity contribution in [1.29, 1.82) is 0 Å².